The van der Waals surface area contributed by atoms with Crippen LogP contribution in [-0.4, -0.2) is 12.6 Å². The van der Waals surface area contributed by atoms with Crippen LogP contribution in [0.4, 0.5) is 0 Å². The molecule has 0 bridgehead atoms. The van der Waals surface area contributed by atoms with Gasteiger partial charge >= 0.3 is 0 Å². The zero-order chi connectivity index (χ0) is 14.3. The normalized spacial score (nSPS) is 12.7. The summed E-state index contributed by atoms with van der Waals surface area (Å²) in [7, 11) is 0. The quantitative estimate of drug-likeness (QED) is 0.711. The Morgan fingerprint density at radius 2 is 2.05 bits per heavy atom. The second kappa shape index (κ2) is 8.60. The van der Waals surface area contributed by atoms with Crippen LogP contribution in [0.25, 0.3) is 0 Å². The first-order valence-corrected chi connectivity index (χ1v) is 7.99. The average Bonchev–Trinajstić information content (AvgIpc) is 2.36. The minimum Gasteiger partial charge on any atom is -0.493 e. The Morgan fingerprint density at radius 1 is 1.32 bits per heavy atom. The Bertz CT molecular complexity index is 379. The van der Waals surface area contributed by atoms with Gasteiger partial charge in [0.05, 0.1) is 6.61 Å². The Morgan fingerprint density at radius 3 is 2.68 bits per heavy atom. The van der Waals surface area contributed by atoms with Crippen molar-refractivity contribution in [3.8, 4) is 5.75 Å². The van der Waals surface area contributed by atoms with Crippen LogP contribution in [0.1, 0.15) is 45.6 Å². The summed E-state index contributed by atoms with van der Waals surface area (Å²) >= 11 is 3.51. The van der Waals surface area contributed by atoms with Crippen molar-refractivity contribution in [1.29, 1.82) is 0 Å². The van der Waals surface area contributed by atoms with E-state index >= 15 is 0 Å². The Kier molecular flexibility index (Phi) is 7.47. The number of benzene rings is 1. The molecule has 1 rings (SSSR count). The molecule has 0 aromatic heterocycles. The summed E-state index contributed by atoms with van der Waals surface area (Å²) in [6.45, 7) is 7.39. The largest absolute Gasteiger partial charge is 0.493 e. The summed E-state index contributed by atoms with van der Waals surface area (Å²) in [5.41, 5.74) is 7.25. The maximum absolute atomic E-state index is 6.05. The number of rotatable bonds is 8. The summed E-state index contributed by atoms with van der Waals surface area (Å²) in [4.78, 5) is 0. The van der Waals surface area contributed by atoms with Gasteiger partial charge in [0.25, 0.3) is 0 Å². The number of nitrogens with two attached hydrogens (primary N) is 1. The standard InChI is InChI=1S/C16H26BrNO/c1-4-15(18)11-13-10-14(17)7-8-16(13)19-9-5-6-12(2)3/h7-8,10,12,15H,4-6,9,11,18H2,1-3H3. The minimum absolute atomic E-state index is 0.201. The van der Waals surface area contributed by atoms with Crippen LogP contribution in [0.2, 0.25) is 0 Å². The molecule has 0 aliphatic heterocycles. The van der Waals surface area contributed by atoms with Crippen molar-refractivity contribution in [2.24, 2.45) is 11.7 Å². The van der Waals surface area contributed by atoms with Crippen molar-refractivity contribution >= 4 is 15.9 Å². The highest BCUT2D eigenvalue weighted by Crippen LogP contribution is 2.25. The Hall–Kier alpha value is -0.540. The highest BCUT2D eigenvalue weighted by Gasteiger charge is 2.09. The molecule has 0 aliphatic rings. The van der Waals surface area contributed by atoms with Gasteiger partial charge in [0.2, 0.25) is 0 Å². The van der Waals surface area contributed by atoms with E-state index < -0.39 is 0 Å². The number of ether oxygens (including phenoxy) is 1. The molecule has 0 saturated heterocycles. The molecule has 0 fully saturated rings. The van der Waals surface area contributed by atoms with Crippen LogP contribution in [0.3, 0.4) is 0 Å². The molecule has 2 N–H and O–H groups in total. The first-order valence-electron chi connectivity index (χ1n) is 7.19. The minimum atomic E-state index is 0.201. The van der Waals surface area contributed by atoms with Crippen LogP contribution < -0.4 is 10.5 Å². The van der Waals surface area contributed by atoms with Gasteiger partial charge in [0, 0.05) is 10.5 Å². The average molecular weight is 328 g/mol. The van der Waals surface area contributed by atoms with Gasteiger partial charge < -0.3 is 10.5 Å². The number of halogens is 1. The second-order valence-corrected chi connectivity index (χ2v) is 6.42. The van der Waals surface area contributed by atoms with E-state index in [-0.39, 0.29) is 6.04 Å². The molecule has 0 amide bonds. The fourth-order valence-electron chi connectivity index (χ4n) is 1.95. The van der Waals surface area contributed by atoms with Gasteiger partial charge in [-0.3, -0.25) is 0 Å². The first kappa shape index (κ1) is 16.5. The smallest absolute Gasteiger partial charge is 0.122 e. The maximum atomic E-state index is 6.05. The molecule has 0 aliphatic carbocycles. The molecule has 0 spiro atoms. The van der Waals surface area contributed by atoms with E-state index in [4.69, 9.17) is 10.5 Å². The predicted molar refractivity (Wildman–Crippen MR) is 85.7 cm³/mol. The van der Waals surface area contributed by atoms with Gasteiger partial charge in [0.1, 0.15) is 5.75 Å². The number of hydrogen-bond acceptors (Lipinski definition) is 2. The second-order valence-electron chi connectivity index (χ2n) is 5.51. The van der Waals surface area contributed by atoms with Crippen molar-refractivity contribution in [1.82, 2.24) is 0 Å². The SMILES string of the molecule is CCC(N)Cc1cc(Br)ccc1OCCCC(C)C. The van der Waals surface area contributed by atoms with E-state index in [2.05, 4.69) is 42.8 Å². The van der Waals surface area contributed by atoms with Gasteiger partial charge in [-0.25, -0.2) is 0 Å². The van der Waals surface area contributed by atoms with Crippen LogP contribution >= 0.6 is 15.9 Å². The van der Waals surface area contributed by atoms with E-state index in [0.29, 0.717) is 0 Å². The molecule has 1 aromatic rings. The van der Waals surface area contributed by atoms with E-state index in [1.165, 1.54) is 12.0 Å². The van der Waals surface area contributed by atoms with Crippen molar-refractivity contribution in [3.05, 3.63) is 28.2 Å². The van der Waals surface area contributed by atoms with Gasteiger partial charge in [-0.15, -0.1) is 0 Å². The molecular formula is C16H26BrNO. The predicted octanol–water partition coefficient (Wildman–Crippen LogP) is 4.54. The summed E-state index contributed by atoms with van der Waals surface area (Å²) in [6, 6.07) is 6.38. The summed E-state index contributed by atoms with van der Waals surface area (Å²) in [5.74, 6) is 1.72. The van der Waals surface area contributed by atoms with Gasteiger partial charge in [0.15, 0.2) is 0 Å². The van der Waals surface area contributed by atoms with Crippen LogP contribution in [-0.2, 0) is 6.42 Å². The van der Waals surface area contributed by atoms with Gasteiger partial charge in [-0.1, -0.05) is 36.7 Å². The lowest BCUT2D eigenvalue weighted by molar-refractivity contribution is 0.294. The Balaban J connectivity index is 2.60. The van der Waals surface area contributed by atoms with Crippen molar-refractivity contribution < 1.29 is 4.74 Å². The first-order chi connectivity index (χ1) is 9.02. The lowest BCUT2D eigenvalue weighted by atomic mass is 10.0. The third-order valence-corrected chi connectivity index (χ3v) is 3.71. The molecule has 2 nitrogen and oxygen atoms in total. The molecule has 19 heavy (non-hydrogen) atoms. The lowest BCUT2D eigenvalue weighted by Gasteiger charge is -2.15. The zero-order valence-corrected chi connectivity index (χ0v) is 13.9. The summed E-state index contributed by atoms with van der Waals surface area (Å²) in [6.07, 6.45) is 4.17. The van der Waals surface area contributed by atoms with Gasteiger partial charge in [-0.2, -0.15) is 0 Å². The van der Waals surface area contributed by atoms with E-state index in [1.807, 2.05) is 12.1 Å². The molecule has 1 unspecified atom stereocenters. The van der Waals surface area contributed by atoms with Crippen LogP contribution in [0.15, 0.2) is 22.7 Å². The lowest BCUT2D eigenvalue weighted by Crippen LogP contribution is -2.21. The molecule has 0 radical (unpaired) electrons. The highest BCUT2D eigenvalue weighted by molar-refractivity contribution is 9.10. The van der Waals surface area contributed by atoms with Gasteiger partial charge in [-0.05, 0) is 55.4 Å². The molecule has 1 atom stereocenters. The molecule has 0 heterocycles. The molecule has 0 saturated carbocycles. The third-order valence-electron chi connectivity index (χ3n) is 3.21. The fourth-order valence-corrected chi connectivity index (χ4v) is 2.36. The number of hydrogen-bond donors (Lipinski definition) is 1. The van der Waals surface area contributed by atoms with Crippen LogP contribution in [0, 0.1) is 5.92 Å². The summed E-state index contributed by atoms with van der Waals surface area (Å²) < 4.78 is 7.00. The van der Waals surface area contributed by atoms with Crippen molar-refractivity contribution in [2.75, 3.05) is 6.61 Å². The van der Waals surface area contributed by atoms with Crippen molar-refractivity contribution in [3.63, 3.8) is 0 Å². The molecule has 1 aromatic carbocycles. The molecular weight excluding hydrogens is 302 g/mol. The van der Waals surface area contributed by atoms with E-state index in [9.17, 15) is 0 Å². The summed E-state index contributed by atoms with van der Waals surface area (Å²) in [5, 5.41) is 0. The maximum Gasteiger partial charge on any atom is 0.122 e. The fraction of sp³-hybridized carbons (Fsp3) is 0.625. The molecule has 108 valence electrons. The Labute approximate surface area is 125 Å². The topological polar surface area (TPSA) is 35.2 Å². The zero-order valence-electron chi connectivity index (χ0n) is 12.3. The molecule has 3 heteroatoms. The van der Waals surface area contributed by atoms with Crippen molar-refractivity contribution in [2.45, 2.75) is 52.5 Å². The monoisotopic (exact) mass is 327 g/mol. The highest BCUT2D eigenvalue weighted by atomic mass is 79.9. The third kappa shape index (κ3) is 6.44. The van der Waals surface area contributed by atoms with Crippen LogP contribution in [0.5, 0.6) is 5.75 Å². The van der Waals surface area contributed by atoms with E-state index in [0.717, 1.165) is 42.0 Å². The van der Waals surface area contributed by atoms with E-state index in [1.54, 1.807) is 0 Å².